The zero-order chi connectivity index (χ0) is 11.5. The second-order valence-corrected chi connectivity index (χ2v) is 4.10. The second-order valence-electron chi connectivity index (χ2n) is 3.19. The van der Waals surface area contributed by atoms with Gasteiger partial charge in [0.1, 0.15) is 5.75 Å². The van der Waals surface area contributed by atoms with Crippen molar-refractivity contribution < 1.29 is 14.9 Å². The molecule has 0 heterocycles. The number of rotatable bonds is 2. The SMILES string of the molecule is Oc1cc(Br)cc(Oc2ccccc2)c1O. The third-order valence-electron chi connectivity index (χ3n) is 1.99. The molecule has 2 aromatic carbocycles. The summed E-state index contributed by atoms with van der Waals surface area (Å²) in [6.07, 6.45) is 0. The summed E-state index contributed by atoms with van der Waals surface area (Å²) in [5.74, 6) is 0.306. The van der Waals surface area contributed by atoms with Crippen LogP contribution in [0.15, 0.2) is 46.9 Å². The Labute approximate surface area is 101 Å². The average Bonchev–Trinajstić information content (AvgIpc) is 2.27. The van der Waals surface area contributed by atoms with Crippen molar-refractivity contribution in [2.24, 2.45) is 0 Å². The lowest BCUT2D eigenvalue weighted by molar-refractivity contribution is 0.372. The van der Waals surface area contributed by atoms with Crippen LogP contribution in [0.3, 0.4) is 0 Å². The van der Waals surface area contributed by atoms with Crippen molar-refractivity contribution in [2.45, 2.75) is 0 Å². The Balaban J connectivity index is 2.35. The van der Waals surface area contributed by atoms with E-state index in [2.05, 4.69) is 15.9 Å². The Morgan fingerprint density at radius 1 is 1.00 bits per heavy atom. The molecular formula is C12H9BrO3. The number of ether oxygens (including phenoxy) is 1. The van der Waals surface area contributed by atoms with E-state index in [4.69, 9.17) is 4.74 Å². The van der Waals surface area contributed by atoms with E-state index >= 15 is 0 Å². The van der Waals surface area contributed by atoms with E-state index in [1.165, 1.54) is 6.07 Å². The first-order valence-electron chi connectivity index (χ1n) is 4.61. The number of halogens is 1. The Morgan fingerprint density at radius 3 is 2.38 bits per heavy atom. The van der Waals surface area contributed by atoms with Gasteiger partial charge < -0.3 is 14.9 Å². The monoisotopic (exact) mass is 280 g/mol. The van der Waals surface area contributed by atoms with Crippen molar-refractivity contribution in [3.05, 3.63) is 46.9 Å². The maximum Gasteiger partial charge on any atom is 0.201 e. The van der Waals surface area contributed by atoms with Crippen molar-refractivity contribution in [1.82, 2.24) is 0 Å². The van der Waals surface area contributed by atoms with Gasteiger partial charge in [-0.1, -0.05) is 34.1 Å². The lowest BCUT2D eigenvalue weighted by atomic mass is 10.3. The predicted molar refractivity (Wildman–Crippen MR) is 64.0 cm³/mol. The fourth-order valence-electron chi connectivity index (χ4n) is 1.25. The maximum atomic E-state index is 9.59. The zero-order valence-electron chi connectivity index (χ0n) is 8.22. The van der Waals surface area contributed by atoms with E-state index in [1.54, 1.807) is 18.2 Å². The van der Waals surface area contributed by atoms with Gasteiger partial charge in [0.05, 0.1) is 0 Å². The molecule has 4 heteroatoms. The minimum Gasteiger partial charge on any atom is -0.504 e. The van der Waals surface area contributed by atoms with Crippen LogP contribution in [0.25, 0.3) is 0 Å². The smallest absolute Gasteiger partial charge is 0.201 e. The third kappa shape index (κ3) is 2.28. The highest BCUT2D eigenvalue weighted by molar-refractivity contribution is 9.10. The molecule has 2 N–H and O–H groups in total. The first-order chi connectivity index (χ1) is 7.66. The van der Waals surface area contributed by atoms with Crippen LogP contribution in [0.1, 0.15) is 0 Å². The van der Waals surface area contributed by atoms with Gasteiger partial charge in [0.15, 0.2) is 11.5 Å². The third-order valence-corrected chi connectivity index (χ3v) is 2.45. The number of aromatic hydroxyl groups is 2. The molecule has 2 aromatic rings. The average molecular weight is 281 g/mol. The van der Waals surface area contributed by atoms with Crippen LogP contribution in [-0.2, 0) is 0 Å². The summed E-state index contributed by atoms with van der Waals surface area (Å²) >= 11 is 3.21. The normalized spacial score (nSPS) is 10.1. The van der Waals surface area contributed by atoms with Crippen molar-refractivity contribution in [3.63, 3.8) is 0 Å². The van der Waals surface area contributed by atoms with E-state index in [9.17, 15) is 10.2 Å². The zero-order valence-corrected chi connectivity index (χ0v) is 9.81. The number of hydrogen-bond acceptors (Lipinski definition) is 3. The van der Waals surface area contributed by atoms with Crippen molar-refractivity contribution in [3.8, 4) is 23.0 Å². The Bertz CT molecular complexity index is 497. The fourth-order valence-corrected chi connectivity index (χ4v) is 1.68. The molecule has 0 amide bonds. The van der Waals surface area contributed by atoms with Crippen LogP contribution in [0.5, 0.6) is 23.0 Å². The minimum absolute atomic E-state index is 0.207. The summed E-state index contributed by atoms with van der Waals surface area (Å²) in [7, 11) is 0. The van der Waals surface area contributed by atoms with E-state index < -0.39 is 0 Å². The second kappa shape index (κ2) is 4.45. The molecule has 0 spiro atoms. The van der Waals surface area contributed by atoms with Gasteiger partial charge in [0.2, 0.25) is 5.75 Å². The summed E-state index contributed by atoms with van der Waals surface area (Å²) in [6, 6.07) is 12.0. The first kappa shape index (κ1) is 10.8. The van der Waals surface area contributed by atoms with Gasteiger partial charge in [0.25, 0.3) is 0 Å². The topological polar surface area (TPSA) is 49.7 Å². The molecule has 0 aliphatic carbocycles. The van der Waals surface area contributed by atoms with Crippen molar-refractivity contribution in [2.75, 3.05) is 0 Å². The summed E-state index contributed by atoms with van der Waals surface area (Å²) in [5, 5.41) is 19.0. The number of phenols is 2. The Kier molecular flexibility index (Phi) is 3.01. The summed E-state index contributed by atoms with van der Waals surface area (Å²) < 4.78 is 6.06. The molecule has 0 fully saturated rings. The number of hydrogen-bond donors (Lipinski definition) is 2. The van der Waals surface area contributed by atoms with Gasteiger partial charge in [-0.25, -0.2) is 0 Å². The largest absolute Gasteiger partial charge is 0.504 e. The molecule has 2 rings (SSSR count). The van der Waals surface area contributed by atoms with Crippen LogP contribution in [-0.4, -0.2) is 10.2 Å². The van der Waals surface area contributed by atoms with E-state index in [1.807, 2.05) is 18.2 Å². The molecule has 3 nitrogen and oxygen atoms in total. The first-order valence-corrected chi connectivity index (χ1v) is 5.40. The van der Waals surface area contributed by atoms with Crippen LogP contribution in [0.2, 0.25) is 0 Å². The molecule has 0 saturated heterocycles. The molecule has 16 heavy (non-hydrogen) atoms. The molecule has 0 aliphatic rings. The fraction of sp³-hybridized carbons (Fsp3) is 0. The maximum absolute atomic E-state index is 9.59. The lowest BCUT2D eigenvalue weighted by Gasteiger charge is -2.08. The lowest BCUT2D eigenvalue weighted by Crippen LogP contribution is -1.85. The summed E-state index contributed by atoms with van der Waals surface area (Å²) in [6.45, 7) is 0. The van der Waals surface area contributed by atoms with E-state index in [0.29, 0.717) is 10.2 Å². The van der Waals surface area contributed by atoms with Crippen LogP contribution in [0, 0.1) is 0 Å². The Hall–Kier alpha value is -1.68. The highest BCUT2D eigenvalue weighted by atomic mass is 79.9. The van der Waals surface area contributed by atoms with Gasteiger partial charge >= 0.3 is 0 Å². The van der Waals surface area contributed by atoms with Crippen molar-refractivity contribution in [1.29, 1.82) is 0 Å². The van der Waals surface area contributed by atoms with Gasteiger partial charge in [-0.15, -0.1) is 0 Å². The summed E-state index contributed by atoms with van der Waals surface area (Å²) in [5.41, 5.74) is 0. The highest BCUT2D eigenvalue weighted by Gasteiger charge is 2.10. The van der Waals surface area contributed by atoms with E-state index in [-0.39, 0.29) is 17.2 Å². The van der Waals surface area contributed by atoms with Gasteiger partial charge in [-0.2, -0.15) is 0 Å². The Morgan fingerprint density at radius 2 is 1.69 bits per heavy atom. The molecule has 0 saturated carbocycles. The van der Waals surface area contributed by atoms with Gasteiger partial charge in [-0.05, 0) is 24.3 Å². The molecular weight excluding hydrogens is 272 g/mol. The number of para-hydroxylation sites is 1. The number of phenolic OH excluding ortho intramolecular Hbond substituents is 2. The molecule has 0 aliphatic heterocycles. The highest BCUT2D eigenvalue weighted by Crippen LogP contribution is 2.40. The molecule has 0 radical (unpaired) electrons. The van der Waals surface area contributed by atoms with Crippen LogP contribution in [0.4, 0.5) is 0 Å². The molecule has 82 valence electrons. The van der Waals surface area contributed by atoms with Crippen LogP contribution >= 0.6 is 15.9 Å². The quantitative estimate of drug-likeness (QED) is 0.826. The molecule has 0 atom stereocenters. The predicted octanol–water partition coefficient (Wildman–Crippen LogP) is 3.65. The van der Waals surface area contributed by atoms with Crippen LogP contribution < -0.4 is 4.74 Å². The summed E-state index contributed by atoms with van der Waals surface area (Å²) in [4.78, 5) is 0. The van der Waals surface area contributed by atoms with Crippen molar-refractivity contribution >= 4 is 15.9 Å². The molecule has 0 aromatic heterocycles. The molecule has 0 bridgehead atoms. The minimum atomic E-state index is -0.271. The van der Waals surface area contributed by atoms with E-state index in [0.717, 1.165) is 0 Å². The standard InChI is InChI=1S/C12H9BrO3/c13-8-6-10(14)12(15)11(7-8)16-9-4-2-1-3-5-9/h1-7,14-15H. The van der Waals surface area contributed by atoms with Gasteiger partial charge in [-0.3, -0.25) is 0 Å². The number of benzene rings is 2. The van der Waals surface area contributed by atoms with Gasteiger partial charge in [0, 0.05) is 4.47 Å². The molecule has 0 unspecified atom stereocenters.